The molecule has 1 fully saturated rings. The molecule has 3 nitrogen and oxygen atoms in total. The van der Waals surface area contributed by atoms with Crippen LogP contribution in [0, 0.1) is 11.8 Å². The molecule has 0 aliphatic carbocycles. The van der Waals surface area contributed by atoms with Crippen molar-refractivity contribution in [1.29, 1.82) is 0 Å². The van der Waals surface area contributed by atoms with Gasteiger partial charge < -0.3 is 14.0 Å². The molecular weight excluding hydrogens is 306 g/mol. The smallest absolute Gasteiger partial charge is 0.398 e. The second-order valence-corrected chi connectivity index (χ2v) is 6.87. The molecule has 1 aromatic rings. The Labute approximate surface area is 144 Å². The summed E-state index contributed by atoms with van der Waals surface area (Å²) in [5, 5.41) is 0. The zero-order valence-corrected chi connectivity index (χ0v) is 15.2. The van der Waals surface area contributed by atoms with Crippen molar-refractivity contribution in [2.24, 2.45) is 0 Å². The van der Waals surface area contributed by atoms with E-state index in [1.165, 1.54) is 0 Å². The van der Waals surface area contributed by atoms with Gasteiger partial charge in [0.25, 0.3) is 0 Å². The van der Waals surface area contributed by atoms with Gasteiger partial charge in [0, 0.05) is 12.7 Å². The molecule has 1 aromatic carbocycles. The van der Waals surface area contributed by atoms with Crippen LogP contribution in [0.3, 0.4) is 0 Å². The van der Waals surface area contributed by atoms with Gasteiger partial charge in [-0.05, 0) is 57.9 Å². The molecule has 1 saturated heterocycles. The van der Waals surface area contributed by atoms with Gasteiger partial charge in [-0.25, -0.2) is 4.39 Å². The van der Waals surface area contributed by atoms with Crippen LogP contribution in [0.25, 0.3) is 5.57 Å². The highest BCUT2D eigenvalue weighted by Crippen LogP contribution is 2.40. The summed E-state index contributed by atoms with van der Waals surface area (Å²) in [6.45, 7) is 9.74. The Morgan fingerprint density at radius 1 is 1.12 bits per heavy atom. The fourth-order valence-corrected chi connectivity index (χ4v) is 2.28. The molecule has 0 radical (unpaired) electrons. The van der Waals surface area contributed by atoms with Crippen LogP contribution >= 0.6 is 0 Å². The van der Waals surface area contributed by atoms with Crippen molar-refractivity contribution in [1.82, 2.24) is 0 Å². The van der Waals surface area contributed by atoms with Crippen LogP contribution in [0.4, 0.5) is 4.39 Å². The average molecular weight is 330 g/mol. The van der Waals surface area contributed by atoms with Gasteiger partial charge in [-0.15, -0.1) is 0 Å². The van der Waals surface area contributed by atoms with Crippen molar-refractivity contribution in [2.45, 2.75) is 45.8 Å². The minimum atomic E-state index is -0.976. The molecule has 1 heterocycles. The third-order valence-corrected chi connectivity index (χ3v) is 4.59. The van der Waals surface area contributed by atoms with Gasteiger partial charge in [0.1, 0.15) is 12.3 Å². The maximum atomic E-state index is 14.8. The Morgan fingerprint density at radius 2 is 1.67 bits per heavy atom. The Balaban J connectivity index is 2.20. The standard InChI is InChI=1S/C19H24BFO3/c1-14(16-11-9-15(10-12-16)8-7-13-22-6)17(21)20-23-18(2,3)19(4,5)24-20/h9-12H,13H2,1-6H3. The van der Waals surface area contributed by atoms with Crippen molar-refractivity contribution in [2.75, 3.05) is 13.7 Å². The van der Waals surface area contributed by atoms with Crippen LogP contribution in [0.15, 0.2) is 30.0 Å². The van der Waals surface area contributed by atoms with Crippen LogP contribution in [-0.2, 0) is 14.0 Å². The first kappa shape index (κ1) is 18.7. The third-order valence-electron chi connectivity index (χ3n) is 4.59. The number of rotatable bonds is 3. The zero-order valence-electron chi connectivity index (χ0n) is 15.2. The summed E-state index contributed by atoms with van der Waals surface area (Å²) in [4.78, 5) is 0. The minimum Gasteiger partial charge on any atom is -0.398 e. The molecule has 0 bridgehead atoms. The number of halogens is 1. The van der Waals surface area contributed by atoms with Gasteiger partial charge in [-0.2, -0.15) is 0 Å². The minimum absolute atomic E-state index is 0.386. The van der Waals surface area contributed by atoms with Gasteiger partial charge in [0.2, 0.25) is 0 Å². The fourth-order valence-electron chi connectivity index (χ4n) is 2.28. The second kappa shape index (κ2) is 7.10. The van der Waals surface area contributed by atoms with E-state index in [9.17, 15) is 4.39 Å². The molecule has 5 heteroatoms. The van der Waals surface area contributed by atoms with E-state index in [0.29, 0.717) is 12.2 Å². The Bertz CT molecular complexity index is 665. The molecule has 0 aromatic heterocycles. The van der Waals surface area contributed by atoms with Crippen LogP contribution < -0.4 is 0 Å². The van der Waals surface area contributed by atoms with Crippen molar-refractivity contribution < 1.29 is 18.4 Å². The highest BCUT2D eigenvalue weighted by atomic mass is 19.1. The summed E-state index contributed by atoms with van der Waals surface area (Å²) < 4.78 is 31.2. The number of hydrogen-bond acceptors (Lipinski definition) is 3. The summed E-state index contributed by atoms with van der Waals surface area (Å²) in [6.07, 6.45) is 0. The Kier molecular flexibility index (Phi) is 5.54. The maximum Gasteiger partial charge on any atom is 0.525 e. The molecule has 2 rings (SSSR count). The SMILES string of the molecule is COCC#Cc1ccc(C(C)=C(F)B2OC(C)(C)C(C)(C)O2)cc1. The van der Waals surface area contributed by atoms with Crippen LogP contribution in [0.2, 0.25) is 0 Å². The van der Waals surface area contributed by atoms with Gasteiger partial charge >= 0.3 is 7.12 Å². The second-order valence-electron chi connectivity index (χ2n) is 6.87. The first-order valence-electron chi connectivity index (χ1n) is 7.98. The fraction of sp³-hybridized carbons (Fsp3) is 0.474. The lowest BCUT2D eigenvalue weighted by Gasteiger charge is -2.32. The number of hydrogen-bond donors (Lipinski definition) is 0. The summed E-state index contributed by atoms with van der Waals surface area (Å²) in [5.74, 6) is 5.87. The highest BCUT2D eigenvalue weighted by Gasteiger charge is 2.53. The molecule has 0 unspecified atom stereocenters. The normalized spacial score (nSPS) is 19.5. The van der Waals surface area contributed by atoms with Gasteiger partial charge in [-0.3, -0.25) is 0 Å². The molecule has 0 spiro atoms. The number of ether oxygens (including phenoxy) is 1. The quantitative estimate of drug-likeness (QED) is 0.619. The number of methoxy groups -OCH3 is 1. The molecule has 0 N–H and O–H groups in total. The van der Waals surface area contributed by atoms with E-state index in [0.717, 1.165) is 11.1 Å². The Hall–Kier alpha value is -1.61. The van der Waals surface area contributed by atoms with Crippen molar-refractivity contribution in [3.8, 4) is 11.8 Å². The summed E-state index contributed by atoms with van der Waals surface area (Å²) >= 11 is 0. The summed E-state index contributed by atoms with van der Waals surface area (Å²) in [6, 6.07) is 7.41. The maximum absolute atomic E-state index is 14.8. The topological polar surface area (TPSA) is 27.7 Å². The number of benzene rings is 1. The molecule has 24 heavy (non-hydrogen) atoms. The van der Waals surface area contributed by atoms with E-state index in [1.54, 1.807) is 14.0 Å². The van der Waals surface area contributed by atoms with Crippen LogP contribution in [0.5, 0.6) is 0 Å². The van der Waals surface area contributed by atoms with Crippen LogP contribution in [0.1, 0.15) is 45.7 Å². The van der Waals surface area contributed by atoms with E-state index in [4.69, 9.17) is 14.0 Å². The summed E-state index contributed by atoms with van der Waals surface area (Å²) in [7, 11) is 0.626. The lowest BCUT2D eigenvalue weighted by Crippen LogP contribution is -2.41. The summed E-state index contributed by atoms with van der Waals surface area (Å²) in [5.41, 5.74) is 0.627. The predicted molar refractivity (Wildman–Crippen MR) is 95.0 cm³/mol. The third kappa shape index (κ3) is 3.89. The molecule has 0 saturated carbocycles. The zero-order chi connectivity index (χ0) is 18.0. The average Bonchev–Trinajstić information content (AvgIpc) is 2.75. The molecule has 1 aliphatic heterocycles. The van der Waals surface area contributed by atoms with Gasteiger partial charge in [0.05, 0.1) is 11.2 Å². The van der Waals surface area contributed by atoms with Crippen LogP contribution in [-0.4, -0.2) is 32.0 Å². The van der Waals surface area contributed by atoms with E-state index < -0.39 is 24.0 Å². The largest absolute Gasteiger partial charge is 0.525 e. The first-order valence-corrected chi connectivity index (χ1v) is 7.98. The van der Waals surface area contributed by atoms with Gasteiger partial charge in [-0.1, -0.05) is 24.0 Å². The lowest BCUT2D eigenvalue weighted by molar-refractivity contribution is 0.00578. The number of allylic oxidation sites excluding steroid dienone is 1. The predicted octanol–water partition coefficient (Wildman–Crippen LogP) is 4.02. The molecule has 0 atom stereocenters. The first-order chi connectivity index (χ1) is 11.2. The van der Waals surface area contributed by atoms with Gasteiger partial charge in [0.15, 0.2) is 0 Å². The molecule has 0 amide bonds. The Morgan fingerprint density at radius 3 is 2.17 bits per heavy atom. The van der Waals surface area contributed by atoms with E-state index in [-0.39, 0.29) is 0 Å². The molecule has 128 valence electrons. The van der Waals surface area contributed by atoms with Crippen molar-refractivity contribution >= 4 is 12.7 Å². The van der Waals surface area contributed by atoms with E-state index in [2.05, 4.69) is 11.8 Å². The van der Waals surface area contributed by atoms with Crippen molar-refractivity contribution in [3.63, 3.8) is 0 Å². The molecule has 1 aliphatic rings. The lowest BCUT2D eigenvalue weighted by atomic mass is 9.83. The monoisotopic (exact) mass is 330 g/mol. The van der Waals surface area contributed by atoms with Crippen molar-refractivity contribution in [3.05, 3.63) is 41.1 Å². The molecular formula is C19H24BFO3. The van der Waals surface area contributed by atoms with E-state index >= 15 is 0 Å². The highest BCUT2D eigenvalue weighted by molar-refractivity contribution is 6.55. The van der Waals surface area contributed by atoms with E-state index in [1.807, 2.05) is 52.0 Å².